The maximum atomic E-state index is 13.5. The van der Waals surface area contributed by atoms with E-state index in [1.54, 1.807) is 0 Å². The van der Waals surface area contributed by atoms with Crippen LogP contribution in [-0.2, 0) is 6.61 Å². The van der Waals surface area contributed by atoms with Crippen molar-refractivity contribution in [3.63, 3.8) is 0 Å². The summed E-state index contributed by atoms with van der Waals surface area (Å²) in [6.45, 7) is 3.47. The van der Waals surface area contributed by atoms with Gasteiger partial charge in [-0.15, -0.1) is 0 Å². The minimum atomic E-state index is -0.832. The topological polar surface area (TPSA) is 55.2 Å². The van der Waals surface area contributed by atoms with Crippen molar-refractivity contribution in [1.82, 2.24) is 9.97 Å². The van der Waals surface area contributed by atoms with Crippen molar-refractivity contribution in [3.8, 4) is 11.5 Å². The Balaban J connectivity index is 2.33. The van der Waals surface area contributed by atoms with E-state index in [0.717, 1.165) is 12.1 Å². The Morgan fingerprint density at radius 1 is 1.25 bits per heavy atom. The number of rotatable bonds is 4. The summed E-state index contributed by atoms with van der Waals surface area (Å²) in [5.41, 5.74) is 0.257. The molecule has 0 aliphatic heterocycles. The van der Waals surface area contributed by atoms with E-state index < -0.39 is 11.6 Å². The molecule has 6 heteroatoms. The third-order valence-electron chi connectivity index (χ3n) is 2.63. The average Bonchev–Trinajstić information content (AvgIpc) is 2.42. The van der Waals surface area contributed by atoms with Gasteiger partial charge in [0.15, 0.2) is 17.3 Å². The van der Waals surface area contributed by atoms with Gasteiger partial charge in [-0.3, -0.25) is 0 Å². The molecule has 0 saturated heterocycles. The number of aliphatic hydroxyl groups excluding tert-OH is 1. The van der Waals surface area contributed by atoms with Crippen LogP contribution in [-0.4, -0.2) is 15.1 Å². The van der Waals surface area contributed by atoms with Gasteiger partial charge >= 0.3 is 0 Å². The van der Waals surface area contributed by atoms with Gasteiger partial charge in [0.25, 0.3) is 0 Å². The molecule has 4 nitrogen and oxygen atoms in total. The quantitative estimate of drug-likeness (QED) is 0.934. The molecule has 1 N–H and O–H groups in total. The minimum Gasteiger partial charge on any atom is -0.451 e. The first kappa shape index (κ1) is 14.3. The van der Waals surface area contributed by atoms with Crippen molar-refractivity contribution in [2.45, 2.75) is 26.4 Å². The zero-order valence-electron chi connectivity index (χ0n) is 11.1. The van der Waals surface area contributed by atoms with Crippen LogP contribution in [0.2, 0.25) is 0 Å². The summed E-state index contributed by atoms with van der Waals surface area (Å²) in [6.07, 6.45) is 1.37. The van der Waals surface area contributed by atoms with Crippen molar-refractivity contribution < 1.29 is 18.6 Å². The summed E-state index contributed by atoms with van der Waals surface area (Å²) >= 11 is 0. The van der Waals surface area contributed by atoms with Crippen molar-refractivity contribution >= 4 is 0 Å². The Morgan fingerprint density at radius 3 is 2.60 bits per heavy atom. The number of hydrogen-bond donors (Lipinski definition) is 1. The lowest BCUT2D eigenvalue weighted by Gasteiger charge is -2.11. The first-order valence-corrected chi connectivity index (χ1v) is 6.11. The molecule has 20 heavy (non-hydrogen) atoms. The highest BCUT2D eigenvalue weighted by atomic mass is 19.1. The van der Waals surface area contributed by atoms with E-state index in [0.29, 0.717) is 5.82 Å². The average molecular weight is 280 g/mol. The lowest BCUT2D eigenvalue weighted by atomic mass is 10.2. The zero-order chi connectivity index (χ0) is 14.7. The molecule has 2 aromatic rings. The fraction of sp³-hybridized carbons (Fsp3) is 0.286. The Bertz CT molecular complexity index is 618. The van der Waals surface area contributed by atoms with Gasteiger partial charge in [0.05, 0.1) is 12.8 Å². The lowest BCUT2D eigenvalue weighted by Crippen LogP contribution is -2.04. The predicted octanol–water partition coefficient (Wildman–Crippen LogP) is 3.16. The van der Waals surface area contributed by atoms with E-state index in [2.05, 4.69) is 9.97 Å². The number of halogens is 2. The number of ether oxygens (including phenoxy) is 1. The van der Waals surface area contributed by atoms with Crippen LogP contribution in [0.25, 0.3) is 0 Å². The summed E-state index contributed by atoms with van der Waals surface area (Å²) in [6, 6.07) is 2.97. The summed E-state index contributed by atoms with van der Waals surface area (Å²) in [5.74, 6) is -0.882. The molecule has 0 unspecified atom stereocenters. The molecule has 0 saturated carbocycles. The predicted molar refractivity (Wildman–Crippen MR) is 68.5 cm³/mol. The normalized spacial score (nSPS) is 10.9. The largest absolute Gasteiger partial charge is 0.451 e. The van der Waals surface area contributed by atoms with Crippen molar-refractivity contribution in [2.75, 3.05) is 0 Å². The molecule has 0 fully saturated rings. The Morgan fingerprint density at radius 2 is 2.00 bits per heavy atom. The van der Waals surface area contributed by atoms with Crippen LogP contribution in [0.1, 0.15) is 31.3 Å². The molecule has 0 atom stereocenters. The summed E-state index contributed by atoms with van der Waals surface area (Å²) in [7, 11) is 0. The molecule has 0 bridgehead atoms. The van der Waals surface area contributed by atoms with Gasteiger partial charge in [-0.25, -0.2) is 18.7 Å². The van der Waals surface area contributed by atoms with Crippen LogP contribution in [0.3, 0.4) is 0 Å². The second-order valence-electron chi connectivity index (χ2n) is 4.53. The van der Waals surface area contributed by atoms with E-state index in [4.69, 9.17) is 4.74 Å². The number of aromatic nitrogens is 2. The molecule has 0 aliphatic rings. The molecule has 0 spiro atoms. The third kappa shape index (κ3) is 3.08. The third-order valence-corrected chi connectivity index (χ3v) is 2.63. The van der Waals surface area contributed by atoms with Crippen LogP contribution in [0.15, 0.2) is 24.4 Å². The molecule has 1 heterocycles. The smallest absolute Gasteiger partial charge is 0.169 e. The molecule has 0 radical (unpaired) electrons. The van der Waals surface area contributed by atoms with Gasteiger partial charge in [0.1, 0.15) is 17.3 Å². The van der Waals surface area contributed by atoms with E-state index in [1.807, 2.05) is 13.8 Å². The second kappa shape index (κ2) is 5.92. The van der Waals surface area contributed by atoms with Crippen LogP contribution < -0.4 is 4.74 Å². The van der Waals surface area contributed by atoms with Gasteiger partial charge in [-0.1, -0.05) is 13.8 Å². The van der Waals surface area contributed by atoms with Gasteiger partial charge in [-0.2, -0.15) is 0 Å². The fourth-order valence-corrected chi connectivity index (χ4v) is 1.57. The monoisotopic (exact) mass is 280 g/mol. The zero-order valence-corrected chi connectivity index (χ0v) is 11.1. The summed E-state index contributed by atoms with van der Waals surface area (Å²) in [5, 5.41) is 9.29. The van der Waals surface area contributed by atoms with E-state index in [9.17, 15) is 13.9 Å². The minimum absolute atomic E-state index is 0.0944. The van der Waals surface area contributed by atoms with Crippen LogP contribution >= 0.6 is 0 Å². The first-order chi connectivity index (χ1) is 9.51. The van der Waals surface area contributed by atoms with Crippen molar-refractivity contribution in [2.24, 2.45) is 0 Å². The molecule has 1 aromatic heterocycles. The lowest BCUT2D eigenvalue weighted by molar-refractivity contribution is 0.269. The van der Waals surface area contributed by atoms with Crippen molar-refractivity contribution in [1.29, 1.82) is 0 Å². The van der Waals surface area contributed by atoms with E-state index >= 15 is 0 Å². The Kier molecular flexibility index (Phi) is 4.24. The number of benzene rings is 1. The summed E-state index contributed by atoms with van der Waals surface area (Å²) < 4.78 is 31.6. The van der Waals surface area contributed by atoms with Crippen LogP contribution in [0, 0.1) is 11.6 Å². The molecular weight excluding hydrogens is 266 g/mol. The molecule has 106 valence electrons. The first-order valence-electron chi connectivity index (χ1n) is 6.11. The number of nitrogens with zero attached hydrogens (tertiary/aromatic N) is 2. The maximum absolute atomic E-state index is 13.5. The number of hydrogen-bond acceptors (Lipinski definition) is 4. The van der Waals surface area contributed by atoms with Gasteiger partial charge in [0.2, 0.25) is 0 Å². The van der Waals surface area contributed by atoms with Crippen molar-refractivity contribution in [3.05, 3.63) is 47.5 Å². The molecule has 0 aliphatic carbocycles. The number of aliphatic hydroxyl groups is 1. The van der Waals surface area contributed by atoms with Crippen LogP contribution in [0.4, 0.5) is 8.78 Å². The van der Waals surface area contributed by atoms with Crippen LogP contribution in [0.5, 0.6) is 11.5 Å². The molecule has 0 amide bonds. The standard InChI is InChI=1S/C14H14F2N2O2/c1-8(2)14-17-6-13(11(7-19)18-14)20-12-4-3-9(15)5-10(12)16/h3-6,8,19H,7H2,1-2H3. The maximum Gasteiger partial charge on any atom is 0.169 e. The Hall–Kier alpha value is -2.08. The highest BCUT2D eigenvalue weighted by Gasteiger charge is 2.13. The molecule has 2 rings (SSSR count). The molecule has 1 aromatic carbocycles. The molecular formula is C14H14F2N2O2. The van der Waals surface area contributed by atoms with Gasteiger partial charge in [-0.05, 0) is 12.1 Å². The highest BCUT2D eigenvalue weighted by molar-refractivity contribution is 5.33. The second-order valence-corrected chi connectivity index (χ2v) is 4.53. The Labute approximate surface area is 115 Å². The van der Waals surface area contributed by atoms with Gasteiger partial charge < -0.3 is 9.84 Å². The summed E-state index contributed by atoms with van der Waals surface area (Å²) in [4.78, 5) is 8.24. The van der Waals surface area contributed by atoms with E-state index in [1.165, 1.54) is 12.3 Å². The van der Waals surface area contributed by atoms with E-state index in [-0.39, 0.29) is 29.7 Å². The highest BCUT2D eigenvalue weighted by Crippen LogP contribution is 2.27. The SMILES string of the molecule is CC(C)c1ncc(Oc2ccc(F)cc2F)c(CO)n1. The van der Waals surface area contributed by atoms with Gasteiger partial charge in [0, 0.05) is 12.0 Å². The fourth-order valence-electron chi connectivity index (χ4n) is 1.57.